The van der Waals surface area contributed by atoms with E-state index in [-0.39, 0.29) is 10.7 Å². The quantitative estimate of drug-likeness (QED) is 0.736. The third-order valence-electron chi connectivity index (χ3n) is 3.79. The van der Waals surface area contributed by atoms with Crippen LogP contribution in [0.25, 0.3) is 0 Å². The zero-order valence-corrected chi connectivity index (χ0v) is 13.6. The Morgan fingerprint density at radius 3 is 2.40 bits per heavy atom. The van der Waals surface area contributed by atoms with Crippen molar-refractivity contribution < 1.29 is 4.79 Å². The summed E-state index contributed by atoms with van der Waals surface area (Å²) in [5.41, 5.74) is 1.13. The molecule has 4 heteroatoms. The molecule has 1 amide bonds. The highest BCUT2D eigenvalue weighted by Gasteiger charge is 2.24. The Hall–Kier alpha value is -1.00. The maximum Gasteiger partial charge on any atom is 0.234 e. The fraction of sp³-hybridized carbons (Fsp3) is 0.562. The van der Waals surface area contributed by atoms with Gasteiger partial charge >= 0.3 is 0 Å². The molecular weight excluding hydrogens is 268 g/mol. The van der Waals surface area contributed by atoms with Gasteiger partial charge in [0.25, 0.3) is 0 Å². The van der Waals surface area contributed by atoms with Gasteiger partial charge in [0.05, 0.1) is 6.54 Å². The monoisotopic (exact) mass is 294 g/mol. The van der Waals surface area contributed by atoms with Crippen molar-refractivity contribution in [2.45, 2.75) is 38.0 Å². The highest BCUT2D eigenvalue weighted by molar-refractivity contribution is 8.00. The highest BCUT2D eigenvalue weighted by atomic mass is 32.2. The van der Waals surface area contributed by atoms with Crippen molar-refractivity contribution in [3.63, 3.8) is 0 Å². The van der Waals surface area contributed by atoms with Gasteiger partial charge in [-0.2, -0.15) is 11.8 Å². The maximum atomic E-state index is 11.8. The highest BCUT2D eigenvalue weighted by Crippen LogP contribution is 2.29. The number of amides is 1. The number of hydrogen-bond donors (Lipinski definition) is 2. The van der Waals surface area contributed by atoms with E-state index in [2.05, 4.69) is 30.7 Å². The van der Waals surface area contributed by atoms with Crippen LogP contribution in [0.3, 0.4) is 0 Å². The van der Waals surface area contributed by atoms with Crippen molar-refractivity contribution in [1.29, 1.82) is 0 Å². The number of nitrogens with one attached hydrogen (secondary N) is 2. The molecule has 0 aliphatic rings. The molecule has 0 radical (unpaired) electrons. The molecule has 0 atom stereocenters. The second kappa shape index (κ2) is 9.03. The Kier molecular flexibility index (Phi) is 7.70. The van der Waals surface area contributed by atoms with Crippen molar-refractivity contribution in [2.75, 3.05) is 19.3 Å². The van der Waals surface area contributed by atoms with Gasteiger partial charge in [-0.1, -0.05) is 44.2 Å². The van der Waals surface area contributed by atoms with Crippen LogP contribution in [0.1, 0.15) is 32.3 Å². The summed E-state index contributed by atoms with van der Waals surface area (Å²) >= 11 is 1.89. The normalized spacial score (nSPS) is 11.3. The minimum absolute atomic E-state index is 0.0519. The van der Waals surface area contributed by atoms with Crippen LogP contribution < -0.4 is 10.6 Å². The van der Waals surface area contributed by atoms with Gasteiger partial charge in [0, 0.05) is 17.8 Å². The van der Waals surface area contributed by atoms with Crippen LogP contribution in [0, 0.1) is 0 Å². The molecule has 2 N–H and O–H groups in total. The minimum atomic E-state index is 0.0519. The van der Waals surface area contributed by atoms with Gasteiger partial charge in [-0.25, -0.2) is 0 Å². The second-order valence-electron chi connectivity index (χ2n) is 4.96. The summed E-state index contributed by atoms with van der Waals surface area (Å²) in [6.07, 6.45) is 4.37. The van der Waals surface area contributed by atoms with Crippen molar-refractivity contribution in [3.05, 3.63) is 35.9 Å². The first-order valence-corrected chi connectivity index (χ1v) is 8.44. The average molecular weight is 294 g/mol. The summed E-state index contributed by atoms with van der Waals surface area (Å²) in [5, 5.41) is 6.21. The molecule has 0 fully saturated rings. The van der Waals surface area contributed by atoms with Crippen molar-refractivity contribution >= 4 is 17.7 Å². The van der Waals surface area contributed by atoms with Crippen LogP contribution in [0.15, 0.2) is 30.3 Å². The van der Waals surface area contributed by atoms with E-state index in [0.29, 0.717) is 13.1 Å². The minimum Gasteiger partial charge on any atom is -0.351 e. The molecule has 3 nitrogen and oxygen atoms in total. The summed E-state index contributed by atoms with van der Waals surface area (Å²) in [6.45, 7) is 6.26. The van der Waals surface area contributed by atoms with Crippen LogP contribution in [-0.4, -0.2) is 30.0 Å². The molecule has 0 heterocycles. The van der Waals surface area contributed by atoms with Crippen LogP contribution in [-0.2, 0) is 11.3 Å². The lowest BCUT2D eigenvalue weighted by Gasteiger charge is -2.29. The SMILES string of the molecule is CCC(CC)(CNCC(=O)NCc1ccccc1)SC. The van der Waals surface area contributed by atoms with E-state index in [9.17, 15) is 4.79 Å². The molecule has 1 aromatic rings. The van der Waals surface area contributed by atoms with E-state index >= 15 is 0 Å². The summed E-state index contributed by atoms with van der Waals surface area (Å²) in [6, 6.07) is 9.97. The number of rotatable bonds is 9. The standard InChI is InChI=1S/C16H26N2OS/c1-4-16(5-2,20-3)13-17-12-15(19)18-11-14-9-7-6-8-10-14/h6-10,17H,4-5,11-13H2,1-3H3,(H,18,19). The Balaban J connectivity index is 2.26. The van der Waals surface area contributed by atoms with E-state index < -0.39 is 0 Å². The molecule has 0 aliphatic heterocycles. The average Bonchev–Trinajstić information content (AvgIpc) is 2.51. The molecule has 112 valence electrons. The molecule has 0 spiro atoms. The van der Waals surface area contributed by atoms with Gasteiger partial charge in [-0.15, -0.1) is 0 Å². The van der Waals surface area contributed by atoms with Gasteiger partial charge in [0.1, 0.15) is 0 Å². The zero-order valence-electron chi connectivity index (χ0n) is 12.7. The number of benzene rings is 1. The van der Waals surface area contributed by atoms with Crippen LogP contribution in [0.5, 0.6) is 0 Å². The van der Waals surface area contributed by atoms with E-state index in [0.717, 1.165) is 24.9 Å². The van der Waals surface area contributed by atoms with E-state index in [1.165, 1.54) is 0 Å². The third-order valence-corrected chi connectivity index (χ3v) is 5.37. The Morgan fingerprint density at radius 2 is 1.85 bits per heavy atom. The van der Waals surface area contributed by atoms with E-state index in [1.54, 1.807) is 0 Å². The molecule has 20 heavy (non-hydrogen) atoms. The van der Waals surface area contributed by atoms with Gasteiger partial charge in [0.15, 0.2) is 0 Å². The summed E-state index contributed by atoms with van der Waals surface area (Å²) in [5.74, 6) is 0.0519. The fourth-order valence-electron chi connectivity index (χ4n) is 2.12. The largest absolute Gasteiger partial charge is 0.351 e. The number of carbonyl (C=O) groups is 1. The van der Waals surface area contributed by atoms with Gasteiger partial charge in [-0.05, 0) is 24.7 Å². The van der Waals surface area contributed by atoms with Crippen LogP contribution in [0.4, 0.5) is 0 Å². The van der Waals surface area contributed by atoms with Gasteiger partial charge < -0.3 is 10.6 Å². The van der Waals surface area contributed by atoms with Gasteiger partial charge in [-0.3, -0.25) is 4.79 Å². The second-order valence-corrected chi connectivity index (χ2v) is 6.23. The maximum absolute atomic E-state index is 11.8. The lowest BCUT2D eigenvalue weighted by molar-refractivity contribution is -0.120. The lowest BCUT2D eigenvalue weighted by atomic mass is 10.0. The zero-order chi connectivity index (χ0) is 14.8. The topological polar surface area (TPSA) is 41.1 Å². The summed E-state index contributed by atoms with van der Waals surface area (Å²) in [7, 11) is 0. The fourth-order valence-corrected chi connectivity index (χ4v) is 2.95. The molecule has 0 bridgehead atoms. The first-order valence-electron chi connectivity index (χ1n) is 7.22. The Labute approximate surface area is 126 Å². The van der Waals surface area contributed by atoms with Crippen molar-refractivity contribution in [1.82, 2.24) is 10.6 Å². The first kappa shape index (κ1) is 17.1. The molecule has 1 aromatic carbocycles. The third kappa shape index (κ3) is 5.55. The number of thioether (sulfide) groups is 1. The molecule has 1 rings (SSSR count). The first-order chi connectivity index (χ1) is 9.65. The predicted molar refractivity (Wildman–Crippen MR) is 88.0 cm³/mol. The van der Waals surface area contributed by atoms with E-state index in [1.807, 2.05) is 42.1 Å². The Morgan fingerprint density at radius 1 is 1.20 bits per heavy atom. The van der Waals surface area contributed by atoms with Crippen LogP contribution in [0.2, 0.25) is 0 Å². The molecule has 0 unspecified atom stereocenters. The molecular formula is C16H26N2OS. The summed E-state index contributed by atoms with van der Waals surface area (Å²) in [4.78, 5) is 11.8. The molecule has 0 saturated carbocycles. The number of hydrogen-bond acceptors (Lipinski definition) is 3. The number of carbonyl (C=O) groups excluding carboxylic acids is 1. The molecule has 0 aromatic heterocycles. The molecule has 0 aliphatic carbocycles. The lowest BCUT2D eigenvalue weighted by Crippen LogP contribution is -2.41. The van der Waals surface area contributed by atoms with Crippen molar-refractivity contribution in [2.24, 2.45) is 0 Å². The van der Waals surface area contributed by atoms with Crippen LogP contribution >= 0.6 is 11.8 Å². The van der Waals surface area contributed by atoms with E-state index in [4.69, 9.17) is 0 Å². The smallest absolute Gasteiger partial charge is 0.234 e. The Bertz CT molecular complexity index is 382. The molecule has 0 saturated heterocycles. The van der Waals surface area contributed by atoms with Gasteiger partial charge in [0.2, 0.25) is 5.91 Å². The predicted octanol–water partition coefficient (Wildman–Crippen LogP) is 2.81. The van der Waals surface area contributed by atoms with Crippen molar-refractivity contribution in [3.8, 4) is 0 Å². The summed E-state index contributed by atoms with van der Waals surface area (Å²) < 4.78 is 0.250.